The zero-order valence-electron chi connectivity index (χ0n) is 12.4. The average molecular weight is 286 g/mol. The molecule has 1 saturated carbocycles. The Labute approximate surface area is 124 Å². The van der Waals surface area contributed by atoms with Crippen molar-refractivity contribution in [3.63, 3.8) is 0 Å². The first-order chi connectivity index (χ1) is 10.1. The normalized spacial score (nSPS) is 22.6. The van der Waals surface area contributed by atoms with Gasteiger partial charge in [-0.2, -0.15) is 0 Å². The van der Waals surface area contributed by atoms with Crippen LogP contribution >= 0.6 is 0 Å². The molecule has 4 nitrogen and oxygen atoms in total. The van der Waals surface area contributed by atoms with Gasteiger partial charge in [-0.3, -0.25) is 4.79 Å². The summed E-state index contributed by atoms with van der Waals surface area (Å²) in [5, 5.41) is 10.4. The lowest BCUT2D eigenvalue weighted by molar-refractivity contribution is 0.0985. The van der Waals surface area contributed by atoms with E-state index >= 15 is 0 Å². The Bertz CT molecular complexity index is 667. The minimum Gasteiger partial charge on any atom is -0.396 e. The van der Waals surface area contributed by atoms with Gasteiger partial charge in [-0.25, -0.2) is 0 Å². The number of benzene rings is 1. The lowest BCUT2D eigenvalue weighted by Crippen LogP contribution is -2.24. The van der Waals surface area contributed by atoms with Crippen molar-refractivity contribution < 1.29 is 9.90 Å². The predicted octanol–water partition coefficient (Wildman–Crippen LogP) is 2.77. The number of aromatic nitrogens is 1. The monoisotopic (exact) mass is 286 g/mol. The molecule has 1 aromatic heterocycles. The van der Waals surface area contributed by atoms with E-state index in [1.54, 1.807) is 0 Å². The molecule has 1 fully saturated rings. The molecular formula is C17H22N2O2. The maximum atomic E-state index is 11.8. The SMILES string of the molecule is Cc1cccc2cc(C(N)=O)n(C3CCC(CO)CC3)c12. The number of primary amides is 1. The van der Waals surface area contributed by atoms with Crippen LogP contribution < -0.4 is 5.73 Å². The molecule has 4 heteroatoms. The number of nitrogens with two attached hydrogens (primary N) is 1. The maximum Gasteiger partial charge on any atom is 0.265 e. The molecule has 3 rings (SSSR count). The summed E-state index contributed by atoms with van der Waals surface area (Å²) >= 11 is 0. The van der Waals surface area contributed by atoms with Gasteiger partial charge in [0.15, 0.2) is 0 Å². The molecule has 0 bridgehead atoms. The molecule has 0 radical (unpaired) electrons. The van der Waals surface area contributed by atoms with Gasteiger partial charge in [-0.15, -0.1) is 0 Å². The Hall–Kier alpha value is -1.81. The van der Waals surface area contributed by atoms with E-state index in [1.165, 1.54) is 5.56 Å². The molecule has 2 aromatic rings. The third kappa shape index (κ3) is 2.44. The van der Waals surface area contributed by atoms with Gasteiger partial charge in [0.25, 0.3) is 5.91 Å². The van der Waals surface area contributed by atoms with Crippen molar-refractivity contribution >= 4 is 16.8 Å². The van der Waals surface area contributed by atoms with Crippen molar-refractivity contribution in [2.24, 2.45) is 11.7 Å². The summed E-state index contributed by atoms with van der Waals surface area (Å²) in [5.74, 6) is 0.0380. The number of carbonyl (C=O) groups excluding carboxylic acids is 1. The Morgan fingerprint density at radius 3 is 2.67 bits per heavy atom. The van der Waals surface area contributed by atoms with E-state index < -0.39 is 0 Å². The number of aliphatic hydroxyl groups excluding tert-OH is 1. The van der Waals surface area contributed by atoms with E-state index in [9.17, 15) is 9.90 Å². The number of para-hydroxylation sites is 1. The molecule has 21 heavy (non-hydrogen) atoms. The Morgan fingerprint density at radius 2 is 2.05 bits per heavy atom. The van der Waals surface area contributed by atoms with Crippen molar-refractivity contribution in [1.82, 2.24) is 4.57 Å². The molecule has 0 unspecified atom stereocenters. The van der Waals surface area contributed by atoms with Gasteiger partial charge >= 0.3 is 0 Å². The van der Waals surface area contributed by atoms with Crippen LogP contribution in [0.4, 0.5) is 0 Å². The molecule has 1 heterocycles. The lowest BCUT2D eigenvalue weighted by atomic mass is 9.86. The molecule has 1 aromatic carbocycles. The number of fused-ring (bicyclic) bond motifs is 1. The van der Waals surface area contributed by atoms with Crippen LogP contribution in [0.3, 0.4) is 0 Å². The molecule has 0 saturated heterocycles. The van der Waals surface area contributed by atoms with Gasteiger partial charge in [0.1, 0.15) is 5.69 Å². The first kappa shape index (κ1) is 14.1. The molecule has 1 aliphatic rings. The molecule has 0 atom stereocenters. The van der Waals surface area contributed by atoms with Gasteiger partial charge < -0.3 is 15.4 Å². The van der Waals surface area contributed by atoms with Gasteiger partial charge in [0.05, 0.1) is 5.52 Å². The van der Waals surface area contributed by atoms with Crippen LogP contribution in [0.5, 0.6) is 0 Å². The lowest BCUT2D eigenvalue weighted by Gasteiger charge is -2.30. The summed E-state index contributed by atoms with van der Waals surface area (Å²) in [4.78, 5) is 11.8. The fourth-order valence-corrected chi connectivity index (χ4v) is 3.62. The third-order valence-corrected chi connectivity index (χ3v) is 4.75. The van der Waals surface area contributed by atoms with Crippen LogP contribution in [0, 0.1) is 12.8 Å². The molecule has 112 valence electrons. The van der Waals surface area contributed by atoms with Crippen LogP contribution in [0.1, 0.15) is 47.8 Å². The van der Waals surface area contributed by atoms with Crippen LogP contribution in [-0.2, 0) is 0 Å². The Balaban J connectivity index is 2.08. The van der Waals surface area contributed by atoms with E-state index in [0.29, 0.717) is 17.7 Å². The van der Waals surface area contributed by atoms with Crippen molar-refractivity contribution in [3.05, 3.63) is 35.5 Å². The van der Waals surface area contributed by atoms with E-state index in [0.717, 1.165) is 36.6 Å². The molecule has 1 amide bonds. The van der Waals surface area contributed by atoms with Gasteiger partial charge in [0, 0.05) is 18.0 Å². The summed E-state index contributed by atoms with van der Waals surface area (Å²) in [6, 6.07) is 8.32. The maximum absolute atomic E-state index is 11.8. The van der Waals surface area contributed by atoms with Gasteiger partial charge in [0.2, 0.25) is 0 Å². The largest absolute Gasteiger partial charge is 0.396 e. The highest BCUT2D eigenvalue weighted by molar-refractivity contribution is 5.98. The number of aryl methyl sites for hydroxylation is 1. The summed E-state index contributed by atoms with van der Waals surface area (Å²) in [7, 11) is 0. The topological polar surface area (TPSA) is 68.2 Å². The number of rotatable bonds is 3. The van der Waals surface area contributed by atoms with Crippen LogP contribution in [-0.4, -0.2) is 22.2 Å². The number of nitrogens with zero attached hydrogens (tertiary/aromatic N) is 1. The van der Waals surface area contributed by atoms with E-state index in [4.69, 9.17) is 5.73 Å². The highest BCUT2D eigenvalue weighted by Crippen LogP contribution is 2.36. The second-order valence-corrected chi connectivity index (χ2v) is 6.13. The Morgan fingerprint density at radius 1 is 1.33 bits per heavy atom. The van der Waals surface area contributed by atoms with Crippen molar-refractivity contribution in [1.29, 1.82) is 0 Å². The molecular weight excluding hydrogens is 264 g/mol. The summed E-state index contributed by atoms with van der Waals surface area (Å²) in [5.41, 5.74) is 8.49. The molecule has 1 aliphatic carbocycles. The van der Waals surface area contributed by atoms with Crippen molar-refractivity contribution in [2.45, 2.75) is 38.6 Å². The molecule has 0 aliphatic heterocycles. The van der Waals surface area contributed by atoms with Crippen LogP contribution in [0.25, 0.3) is 10.9 Å². The van der Waals surface area contributed by atoms with Crippen molar-refractivity contribution in [3.8, 4) is 0 Å². The number of hydrogen-bond acceptors (Lipinski definition) is 2. The smallest absolute Gasteiger partial charge is 0.265 e. The second kappa shape index (κ2) is 5.53. The fraction of sp³-hybridized carbons (Fsp3) is 0.471. The van der Waals surface area contributed by atoms with Crippen molar-refractivity contribution in [2.75, 3.05) is 6.61 Å². The zero-order valence-corrected chi connectivity index (χ0v) is 12.4. The first-order valence-electron chi connectivity index (χ1n) is 7.63. The molecule has 0 spiro atoms. The van der Waals surface area contributed by atoms with E-state index in [2.05, 4.69) is 17.6 Å². The molecule has 3 N–H and O–H groups in total. The minimum atomic E-state index is -0.366. The van der Waals surface area contributed by atoms with Crippen LogP contribution in [0.15, 0.2) is 24.3 Å². The van der Waals surface area contributed by atoms with Gasteiger partial charge in [-0.05, 0) is 50.2 Å². The highest BCUT2D eigenvalue weighted by Gasteiger charge is 2.26. The van der Waals surface area contributed by atoms with Crippen LogP contribution in [0.2, 0.25) is 0 Å². The highest BCUT2D eigenvalue weighted by atomic mass is 16.3. The second-order valence-electron chi connectivity index (χ2n) is 6.13. The third-order valence-electron chi connectivity index (χ3n) is 4.75. The minimum absolute atomic E-state index is 0.265. The number of amides is 1. The summed E-state index contributed by atoms with van der Waals surface area (Å²) < 4.78 is 2.14. The summed E-state index contributed by atoms with van der Waals surface area (Å²) in [6.07, 6.45) is 3.99. The predicted molar refractivity (Wildman–Crippen MR) is 83.3 cm³/mol. The fourth-order valence-electron chi connectivity index (χ4n) is 3.62. The number of hydrogen-bond donors (Lipinski definition) is 2. The number of aliphatic hydroxyl groups is 1. The Kier molecular flexibility index (Phi) is 3.72. The quantitative estimate of drug-likeness (QED) is 0.911. The summed E-state index contributed by atoms with van der Waals surface area (Å²) in [6.45, 7) is 2.34. The number of carbonyl (C=O) groups is 1. The van der Waals surface area contributed by atoms with E-state index in [-0.39, 0.29) is 12.5 Å². The van der Waals surface area contributed by atoms with Gasteiger partial charge in [-0.1, -0.05) is 18.2 Å². The zero-order chi connectivity index (χ0) is 15.0. The van der Waals surface area contributed by atoms with E-state index in [1.807, 2.05) is 18.2 Å². The average Bonchev–Trinajstić information content (AvgIpc) is 2.88. The first-order valence-corrected chi connectivity index (χ1v) is 7.63. The standard InChI is InChI=1S/C17H22N2O2/c1-11-3-2-4-13-9-15(17(18)21)19(16(11)13)14-7-5-12(10-20)6-8-14/h2-4,9,12,14,20H,5-8,10H2,1H3,(H2,18,21).